The van der Waals surface area contributed by atoms with Crippen LogP contribution in [-0.2, 0) is 11.3 Å². The maximum absolute atomic E-state index is 12.1. The molecule has 4 nitrogen and oxygen atoms in total. The monoisotopic (exact) mass is 350 g/mol. The second kappa shape index (κ2) is 5.00. The lowest BCUT2D eigenvalue weighted by molar-refractivity contribution is -0.114. The Hall–Kier alpha value is -1.72. The van der Waals surface area contributed by atoms with Gasteiger partial charge in [0, 0.05) is 16.2 Å². The summed E-state index contributed by atoms with van der Waals surface area (Å²) >= 11 is 9.39. The zero-order valence-electron chi connectivity index (χ0n) is 10.1. The number of anilines is 1. The van der Waals surface area contributed by atoms with Gasteiger partial charge in [-0.3, -0.25) is 14.5 Å². The fourth-order valence-electron chi connectivity index (χ4n) is 2.17. The maximum Gasteiger partial charge on any atom is 0.299 e. The molecule has 0 spiro atoms. The highest BCUT2D eigenvalue weighted by molar-refractivity contribution is 9.10. The molecule has 1 amide bonds. The zero-order chi connectivity index (χ0) is 14.3. The first-order valence-corrected chi connectivity index (χ1v) is 7.01. The minimum absolute atomic E-state index is 0.215. The molecule has 0 aliphatic carbocycles. The molecule has 0 saturated carbocycles. The lowest BCUT2D eigenvalue weighted by Gasteiger charge is -2.18. The highest BCUT2D eigenvalue weighted by atomic mass is 79.9. The Morgan fingerprint density at radius 1 is 1.20 bits per heavy atom. The van der Waals surface area contributed by atoms with E-state index >= 15 is 0 Å². The highest BCUT2D eigenvalue weighted by Gasteiger charge is 2.37. The first-order valence-electron chi connectivity index (χ1n) is 5.83. The van der Waals surface area contributed by atoms with E-state index in [1.165, 1.54) is 4.90 Å². The van der Waals surface area contributed by atoms with Gasteiger partial charge in [-0.1, -0.05) is 23.7 Å². The van der Waals surface area contributed by atoms with Gasteiger partial charge in [0.25, 0.3) is 11.7 Å². The van der Waals surface area contributed by atoms with Crippen molar-refractivity contribution >= 4 is 44.9 Å². The van der Waals surface area contributed by atoms with E-state index in [2.05, 4.69) is 20.9 Å². The number of pyridine rings is 1. The van der Waals surface area contributed by atoms with Crippen molar-refractivity contribution in [3.05, 3.63) is 57.3 Å². The SMILES string of the molecule is O=C1C(=O)N(Cc2cccnc2Cl)c2c(Br)cccc21. The molecule has 1 aromatic carbocycles. The smallest absolute Gasteiger partial charge is 0.299 e. The molecule has 1 aliphatic heterocycles. The molecule has 3 rings (SSSR count). The van der Waals surface area contributed by atoms with Crippen molar-refractivity contribution in [3.63, 3.8) is 0 Å². The van der Waals surface area contributed by atoms with Crippen LogP contribution in [0.2, 0.25) is 5.15 Å². The summed E-state index contributed by atoms with van der Waals surface area (Å²) in [5, 5.41) is 0.327. The molecule has 0 radical (unpaired) electrons. The summed E-state index contributed by atoms with van der Waals surface area (Å²) in [5.74, 6) is -1.05. The standard InChI is InChI=1S/C14H8BrClN2O2/c15-10-5-1-4-9-11(10)18(14(20)12(9)19)7-8-3-2-6-17-13(8)16/h1-6H,7H2. The van der Waals surface area contributed by atoms with Crippen molar-refractivity contribution in [3.8, 4) is 0 Å². The van der Waals surface area contributed by atoms with E-state index in [1.807, 2.05) is 0 Å². The number of aromatic nitrogens is 1. The van der Waals surface area contributed by atoms with Crippen molar-refractivity contribution in [2.45, 2.75) is 6.54 Å². The van der Waals surface area contributed by atoms with Gasteiger partial charge >= 0.3 is 0 Å². The van der Waals surface area contributed by atoms with Crippen LogP contribution < -0.4 is 4.90 Å². The topological polar surface area (TPSA) is 50.3 Å². The Labute approximate surface area is 128 Å². The Bertz CT molecular complexity index is 733. The van der Waals surface area contributed by atoms with Gasteiger partial charge in [0.2, 0.25) is 0 Å². The van der Waals surface area contributed by atoms with Crippen molar-refractivity contribution in [2.24, 2.45) is 0 Å². The van der Waals surface area contributed by atoms with E-state index in [0.717, 1.165) is 0 Å². The van der Waals surface area contributed by atoms with E-state index in [0.29, 0.717) is 26.4 Å². The number of ketones is 1. The number of halogens is 2. The Morgan fingerprint density at radius 2 is 2.00 bits per heavy atom. The Morgan fingerprint density at radius 3 is 2.75 bits per heavy atom. The van der Waals surface area contributed by atoms with Crippen LogP contribution in [0.1, 0.15) is 15.9 Å². The molecular formula is C14H8BrClN2O2. The minimum atomic E-state index is -0.549. The van der Waals surface area contributed by atoms with Crippen molar-refractivity contribution in [2.75, 3.05) is 4.90 Å². The number of para-hydroxylation sites is 1. The molecule has 2 heterocycles. The summed E-state index contributed by atoms with van der Waals surface area (Å²) in [6, 6.07) is 8.69. The van der Waals surface area contributed by atoms with Crippen LogP contribution in [-0.4, -0.2) is 16.7 Å². The first-order chi connectivity index (χ1) is 9.59. The van der Waals surface area contributed by atoms with Crippen LogP contribution in [0.5, 0.6) is 0 Å². The quantitative estimate of drug-likeness (QED) is 0.616. The molecule has 0 unspecified atom stereocenters. The number of fused-ring (bicyclic) bond motifs is 1. The maximum atomic E-state index is 12.1. The fraction of sp³-hybridized carbons (Fsp3) is 0.0714. The molecule has 2 aromatic rings. The van der Waals surface area contributed by atoms with Crippen LogP contribution >= 0.6 is 27.5 Å². The lowest BCUT2D eigenvalue weighted by atomic mass is 10.1. The van der Waals surface area contributed by atoms with Gasteiger partial charge in [-0.25, -0.2) is 4.98 Å². The van der Waals surface area contributed by atoms with E-state index in [1.54, 1.807) is 36.5 Å². The average Bonchev–Trinajstić information content (AvgIpc) is 2.68. The molecule has 100 valence electrons. The molecule has 0 bridgehead atoms. The summed E-state index contributed by atoms with van der Waals surface area (Å²) in [7, 11) is 0. The van der Waals surface area contributed by atoms with Crippen LogP contribution in [0, 0.1) is 0 Å². The van der Waals surface area contributed by atoms with E-state index in [4.69, 9.17) is 11.6 Å². The lowest BCUT2D eigenvalue weighted by Crippen LogP contribution is -2.29. The molecule has 0 fully saturated rings. The van der Waals surface area contributed by atoms with Gasteiger partial charge in [0.15, 0.2) is 0 Å². The highest BCUT2D eigenvalue weighted by Crippen LogP contribution is 2.37. The summed E-state index contributed by atoms with van der Waals surface area (Å²) < 4.78 is 0.703. The van der Waals surface area contributed by atoms with E-state index < -0.39 is 11.7 Å². The fourth-order valence-corrected chi connectivity index (χ4v) is 2.93. The summed E-state index contributed by atoms with van der Waals surface area (Å²) in [6.45, 7) is 0.215. The van der Waals surface area contributed by atoms with Crippen LogP contribution in [0.4, 0.5) is 5.69 Å². The van der Waals surface area contributed by atoms with Gasteiger partial charge in [-0.05, 0) is 34.1 Å². The third kappa shape index (κ3) is 2.03. The second-order valence-corrected chi connectivity index (χ2v) is 5.52. The number of nitrogens with zero attached hydrogens (tertiary/aromatic N) is 2. The molecule has 1 aromatic heterocycles. The van der Waals surface area contributed by atoms with Crippen LogP contribution in [0.3, 0.4) is 0 Å². The molecule has 20 heavy (non-hydrogen) atoms. The molecule has 0 N–H and O–H groups in total. The normalized spacial score (nSPS) is 13.8. The van der Waals surface area contributed by atoms with Crippen molar-refractivity contribution < 1.29 is 9.59 Å². The third-order valence-corrected chi connectivity index (χ3v) is 4.09. The molecule has 0 saturated heterocycles. The number of Topliss-reactive ketones (excluding diaryl/α,β-unsaturated/α-hetero) is 1. The summed E-state index contributed by atoms with van der Waals surface area (Å²) in [5.41, 5.74) is 1.69. The number of benzene rings is 1. The van der Waals surface area contributed by atoms with Crippen molar-refractivity contribution in [1.29, 1.82) is 0 Å². The zero-order valence-corrected chi connectivity index (χ0v) is 12.5. The molecular weight excluding hydrogens is 344 g/mol. The number of amides is 1. The predicted molar refractivity (Wildman–Crippen MR) is 78.9 cm³/mol. The Balaban J connectivity index is 2.06. The number of hydrogen-bond donors (Lipinski definition) is 0. The first kappa shape index (κ1) is 13.3. The predicted octanol–water partition coefficient (Wildman–Crippen LogP) is 3.23. The van der Waals surface area contributed by atoms with Gasteiger partial charge in [-0.2, -0.15) is 0 Å². The van der Waals surface area contributed by atoms with Gasteiger partial charge < -0.3 is 0 Å². The van der Waals surface area contributed by atoms with E-state index in [-0.39, 0.29) is 6.54 Å². The Kier molecular flexibility index (Phi) is 3.31. The average molecular weight is 352 g/mol. The second-order valence-electron chi connectivity index (χ2n) is 4.31. The van der Waals surface area contributed by atoms with E-state index in [9.17, 15) is 9.59 Å². The number of hydrogen-bond acceptors (Lipinski definition) is 3. The molecule has 0 atom stereocenters. The number of carbonyl (C=O) groups excluding carboxylic acids is 2. The third-order valence-electron chi connectivity index (χ3n) is 3.11. The number of rotatable bonds is 2. The minimum Gasteiger partial charge on any atom is -0.299 e. The van der Waals surface area contributed by atoms with Gasteiger partial charge in [-0.15, -0.1) is 0 Å². The van der Waals surface area contributed by atoms with Gasteiger partial charge in [0.05, 0.1) is 17.8 Å². The van der Waals surface area contributed by atoms with Crippen LogP contribution in [0.25, 0.3) is 0 Å². The van der Waals surface area contributed by atoms with Crippen molar-refractivity contribution in [1.82, 2.24) is 4.98 Å². The van der Waals surface area contributed by atoms with Crippen LogP contribution in [0.15, 0.2) is 41.0 Å². The number of carbonyl (C=O) groups is 2. The summed E-state index contributed by atoms with van der Waals surface area (Å²) in [6.07, 6.45) is 1.58. The molecule has 6 heteroatoms. The van der Waals surface area contributed by atoms with Gasteiger partial charge in [0.1, 0.15) is 5.15 Å². The summed E-state index contributed by atoms with van der Waals surface area (Å²) in [4.78, 5) is 29.5. The molecule has 1 aliphatic rings. The largest absolute Gasteiger partial charge is 0.299 e.